The number of rotatable bonds is 6. The molecule has 1 rings (SSSR count). The molecule has 0 saturated carbocycles. The van der Waals surface area contributed by atoms with Crippen molar-refractivity contribution in [1.29, 1.82) is 0 Å². The van der Waals surface area contributed by atoms with Crippen LogP contribution in [0.15, 0.2) is 24.3 Å². The van der Waals surface area contributed by atoms with Crippen molar-refractivity contribution < 1.29 is 4.79 Å². The van der Waals surface area contributed by atoms with Crippen LogP contribution in [0.3, 0.4) is 0 Å². The minimum Gasteiger partial charge on any atom is -0.378 e. The molecule has 0 spiro atoms. The quantitative estimate of drug-likeness (QED) is 0.753. The average Bonchev–Trinajstić information content (AvgIpc) is 2.45. The summed E-state index contributed by atoms with van der Waals surface area (Å²) in [7, 11) is 3.96. The van der Waals surface area contributed by atoms with E-state index in [1.807, 2.05) is 43.3 Å². The molecular formula is C14H20Br2N2O. The van der Waals surface area contributed by atoms with Crippen LogP contribution in [-0.4, -0.2) is 36.2 Å². The number of carbonyl (C=O) groups is 1. The third-order valence-corrected chi connectivity index (χ3v) is 5.36. The van der Waals surface area contributed by atoms with E-state index in [0.717, 1.165) is 22.8 Å². The van der Waals surface area contributed by atoms with Gasteiger partial charge in [-0.2, -0.15) is 0 Å². The Balaban J connectivity index is 2.83. The molecule has 1 amide bonds. The highest BCUT2D eigenvalue weighted by Crippen LogP contribution is 2.18. The number of anilines is 1. The Morgan fingerprint density at radius 2 is 1.74 bits per heavy atom. The van der Waals surface area contributed by atoms with E-state index in [2.05, 4.69) is 44.1 Å². The average molecular weight is 392 g/mol. The summed E-state index contributed by atoms with van der Waals surface area (Å²) >= 11 is 6.95. The molecule has 19 heavy (non-hydrogen) atoms. The number of nitrogens with zero attached hydrogens (tertiary/aromatic N) is 1. The van der Waals surface area contributed by atoms with Crippen molar-refractivity contribution in [2.75, 3.05) is 29.7 Å². The molecule has 5 heteroatoms. The first-order valence-corrected chi connectivity index (χ1v) is 8.44. The maximum Gasteiger partial charge on any atom is 0.251 e. The third kappa shape index (κ3) is 4.21. The second-order valence-corrected chi connectivity index (χ2v) is 5.92. The lowest BCUT2D eigenvalue weighted by atomic mass is 10.0. The van der Waals surface area contributed by atoms with Gasteiger partial charge in [-0.05, 0) is 30.7 Å². The number of benzene rings is 1. The molecule has 0 aliphatic carbocycles. The van der Waals surface area contributed by atoms with E-state index in [1.165, 1.54) is 0 Å². The van der Waals surface area contributed by atoms with Gasteiger partial charge in [0.2, 0.25) is 0 Å². The Bertz CT molecular complexity index is 406. The molecule has 1 aromatic rings. The Morgan fingerprint density at radius 3 is 2.11 bits per heavy atom. The van der Waals surface area contributed by atoms with Crippen molar-refractivity contribution in [3.05, 3.63) is 29.8 Å². The molecule has 0 aromatic heterocycles. The first-order chi connectivity index (χ1) is 8.98. The molecule has 0 fully saturated rings. The van der Waals surface area contributed by atoms with E-state index in [4.69, 9.17) is 0 Å². The SMILES string of the molecule is CCC(CBr)(CBr)NC(=O)c1ccc(N(C)C)cc1. The number of carbonyl (C=O) groups excluding carboxylic acids is 1. The summed E-state index contributed by atoms with van der Waals surface area (Å²) in [5, 5.41) is 4.55. The summed E-state index contributed by atoms with van der Waals surface area (Å²) in [6.07, 6.45) is 0.866. The fraction of sp³-hybridized carbons (Fsp3) is 0.500. The first-order valence-electron chi connectivity index (χ1n) is 6.20. The molecule has 0 unspecified atom stereocenters. The monoisotopic (exact) mass is 390 g/mol. The molecule has 0 bridgehead atoms. The second-order valence-electron chi connectivity index (χ2n) is 4.80. The van der Waals surface area contributed by atoms with Gasteiger partial charge >= 0.3 is 0 Å². The van der Waals surface area contributed by atoms with Crippen LogP contribution in [0.2, 0.25) is 0 Å². The normalized spacial score (nSPS) is 11.2. The molecule has 0 radical (unpaired) electrons. The largest absolute Gasteiger partial charge is 0.378 e. The summed E-state index contributed by atoms with van der Waals surface area (Å²) in [4.78, 5) is 14.3. The van der Waals surface area contributed by atoms with Gasteiger partial charge in [0, 0.05) is 36.0 Å². The van der Waals surface area contributed by atoms with Crippen LogP contribution in [0.1, 0.15) is 23.7 Å². The number of nitrogens with one attached hydrogen (secondary N) is 1. The summed E-state index contributed by atoms with van der Waals surface area (Å²) < 4.78 is 0. The van der Waals surface area contributed by atoms with Crippen molar-refractivity contribution in [2.45, 2.75) is 18.9 Å². The van der Waals surface area contributed by atoms with Crippen molar-refractivity contribution in [1.82, 2.24) is 5.32 Å². The third-order valence-electron chi connectivity index (χ3n) is 3.21. The first kappa shape index (κ1) is 16.5. The van der Waals surface area contributed by atoms with Crippen molar-refractivity contribution in [3.8, 4) is 0 Å². The van der Waals surface area contributed by atoms with Gasteiger partial charge in [-0.25, -0.2) is 0 Å². The van der Waals surface area contributed by atoms with Crippen LogP contribution in [-0.2, 0) is 0 Å². The highest BCUT2D eigenvalue weighted by atomic mass is 79.9. The van der Waals surface area contributed by atoms with Gasteiger partial charge in [-0.15, -0.1) is 0 Å². The van der Waals surface area contributed by atoms with Crippen molar-refractivity contribution in [2.24, 2.45) is 0 Å². The van der Waals surface area contributed by atoms with Gasteiger partial charge in [0.15, 0.2) is 0 Å². The molecule has 0 atom stereocenters. The molecule has 0 heterocycles. The summed E-state index contributed by atoms with van der Waals surface area (Å²) in [5.74, 6) is -0.0361. The van der Waals surface area contributed by atoms with E-state index in [9.17, 15) is 4.79 Å². The highest BCUT2D eigenvalue weighted by molar-refractivity contribution is 9.09. The summed E-state index contributed by atoms with van der Waals surface area (Å²) in [6.45, 7) is 2.07. The van der Waals surface area contributed by atoms with Gasteiger partial charge in [0.05, 0.1) is 5.54 Å². The zero-order chi connectivity index (χ0) is 14.5. The minimum atomic E-state index is -0.239. The van der Waals surface area contributed by atoms with Gasteiger partial charge in [-0.3, -0.25) is 4.79 Å². The molecule has 106 valence electrons. The van der Waals surface area contributed by atoms with Crippen molar-refractivity contribution in [3.63, 3.8) is 0 Å². The summed E-state index contributed by atoms with van der Waals surface area (Å²) in [6, 6.07) is 7.61. The van der Waals surface area contributed by atoms with Gasteiger partial charge in [0.25, 0.3) is 5.91 Å². The van der Waals surface area contributed by atoms with Crippen LogP contribution < -0.4 is 10.2 Å². The fourth-order valence-corrected chi connectivity index (χ4v) is 3.61. The van der Waals surface area contributed by atoms with E-state index in [-0.39, 0.29) is 11.4 Å². The number of hydrogen-bond acceptors (Lipinski definition) is 2. The van der Waals surface area contributed by atoms with Gasteiger partial charge < -0.3 is 10.2 Å². The van der Waals surface area contributed by atoms with E-state index >= 15 is 0 Å². The molecule has 3 nitrogen and oxygen atoms in total. The Kier molecular flexibility index (Phi) is 6.33. The predicted molar refractivity (Wildman–Crippen MR) is 88.8 cm³/mol. The standard InChI is InChI=1S/C14H20Br2N2O/c1-4-14(9-15,10-16)17-13(19)11-5-7-12(8-6-11)18(2)3/h5-8H,4,9-10H2,1-3H3,(H,17,19). The minimum absolute atomic E-state index is 0.0361. The van der Waals surface area contributed by atoms with E-state index < -0.39 is 0 Å². The lowest BCUT2D eigenvalue weighted by Crippen LogP contribution is -2.51. The molecule has 1 N–H and O–H groups in total. The lowest BCUT2D eigenvalue weighted by Gasteiger charge is -2.30. The topological polar surface area (TPSA) is 32.3 Å². The van der Waals surface area contributed by atoms with Gasteiger partial charge in [-0.1, -0.05) is 38.8 Å². The van der Waals surface area contributed by atoms with E-state index in [1.54, 1.807) is 0 Å². The maximum absolute atomic E-state index is 12.3. The van der Waals surface area contributed by atoms with Crippen LogP contribution in [0.25, 0.3) is 0 Å². The fourth-order valence-electron chi connectivity index (χ4n) is 1.60. The van der Waals surface area contributed by atoms with Crippen LogP contribution in [0, 0.1) is 0 Å². The Morgan fingerprint density at radius 1 is 1.21 bits per heavy atom. The molecule has 1 aromatic carbocycles. The van der Waals surface area contributed by atoms with Gasteiger partial charge in [0.1, 0.15) is 0 Å². The smallest absolute Gasteiger partial charge is 0.251 e. The number of alkyl halides is 2. The molecule has 0 aliphatic heterocycles. The van der Waals surface area contributed by atoms with E-state index in [0.29, 0.717) is 5.56 Å². The van der Waals surface area contributed by atoms with Crippen LogP contribution in [0.5, 0.6) is 0 Å². The van der Waals surface area contributed by atoms with Crippen molar-refractivity contribution >= 4 is 43.5 Å². The maximum atomic E-state index is 12.3. The molecule has 0 saturated heterocycles. The number of hydrogen-bond donors (Lipinski definition) is 1. The highest BCUT2D eigenvalue weighted by Gasteiger charge is 2.27. The zero-order valence-corrected chi connectivity index (χ0v) is 14.7. The number of halogens is 2. The Hall–Kier alpha value is -0.550. The van der Waals surface area contributed by atoms with Crippen LogP contribution in [0.4, 0.5) is 5.69 Å². The Labute approximate surface area is 132 Å². The molecular weight excluding hydrogens is 372 g/mol. The summed E-state index contributed by atoms with van der Waals surface area (Å²) in [5.41, 5.74) is 1.53. The zero-order valence-electron chi connectivity index (χ0n) is 11.5. The molecule has 0 aliphatic rings. The number of amides is 1. The van der Waals surface area contributed by atoms with Crippen LogP contribution >= 0.6 is 31.9 Å². The second kappa shape index (κ2) is 7.29. The predicted octanol–water partition coefficient (Wildman–Crippen LogP) is 3.42. The lowest BCUT2D eigenvalue weighted by molar-refractivity contribution is 0.0915.